The molecule has 0 aliphatic heterocycles. The Morgan fingerprint density at radius 1 is 1.38 bits per heavy atom. The third-order valence-electron chi connectivity index (χ3n) is 1.87. The molecule has 0 amide bonds. The number of esters is 1. The van der Waals surface area contributed by atoms with Crippen LogP contribution in [0.1, 0.15) is 31.3 Å². The Balaban J connectivity index is 2.88. The van der Waals surface area contributed by atoms with Crippen molar-refractivity contribution in [3.63, 3.8) is 0 Å². The summed E-state index contributed by atoms with van der Waals surface area (Å²) in [5.41, 5.74) is 0.768. The molecule has 0 unspecified atom stereocenters. The van der Waals surface area contributed by atoms with Gasteiger partial charge in [0, 0.05) is 26.0 Å². The maximum absolute atomic E-state index is 11.7. The first kappa shape index (κ1) is 12.5. The first-order valence-electron chi connectivity index (χ1n) is 5.16. The predicted molar refractivity (Wildman–Crippen MR) is 63.7 cm³/mol. The molecule has 1 rings (SSSR count). The highest BCUT2D eigenvalue weighted by Gasteiger charge is 2.19. The minimum atomic E-state index is -0.493. The number of pyridine rings is 1. The van der Waals surface area contributed by atoms with Crippen molar-refractivity contribution < 1.29 is 9.53 Å². The third kappa shape index (κ3) is 3.53. The Morgan fingerprint density at radius 3 is 2.50 bits per heavy atom. The fourth-order valence-electron chi connectivity index (χ4n) is 1.14. The summed E-state index contributed by atoms with van der Waals surface area (Å²) in [6.45, 7) is 5.50. The fraction of sp³-hybridized carbons (Fsp3) is 0.500. The Morgan fingerprint density at radius 2 is 2.00 bits per heavy atom. The number of aromatic nitrogens is 1. The van der Waals surface area contributed by atoms with Gasteiger partial charge in [-0.25, -0.2) is 9.78 Å². The molecular weight excluding hydrogens is 204 g/mol. The van der Waals surface area contributed by atoms with E-state index < -0.39 is 11.6 Å². The van der Waals surface area contributed by atoms with Crippen LogP contribution in [0.4, 0.5) is 5.69 Å². The fourth-order valence-corrected chi connectivity index (χ4v) is 1.14. The molecule has 0 aromatic carbocycles. The van der Waals surface area contributed by atoms with Crippen molar-refractivity contribution in [2.45, 2.75) is 26.4 Å². The quantitative estimate of drug-likeness (QED) is 0.719. The number of hydrogen-bond donors (Lipinski definition) is 0. The molecule has 4 nitrogen and oxygen atoms in total. The number of rotatable bonds is 2. The number of carbonyl (C=O) groups is 1. The highest BCUT2D eigenvalue weighted by Crippen LogP contribution is 2.15. The van der Waals surface area contributed by atoms with Gasteiger partial charge in [0.15, 0.2) is 0 Å². The van der Waals surface area contributed by atoms with Crippen molar-refractivity contribution in [1.82, 2.24) is 4.98 Å². The maximum Gasteiger partial charge on any atom is 0.357 e. The van der Waals surface area contributed by atoms with Gasteiger partial charge in [0.25, 0.3) is 0 Å². The summed E-state index contributed by atoms with van der Waals surface area (Å²) in [6, 6.07) is 3.56. The first-order chi connectivity index (χ1) is 7.29. The maximum atomic E-state index is 11.7. The summed E-state index contributed by atoms with van der Waals surface area (Å²) in [5.74, 6) is -0.392. The molecule has 0 aliphatic carbocycles. The van der Waals surface area contributed by atoms with Gasteiger partial charge >= 0.3 is 5.97 Å². The van der Waals surface area contributed by atoms with Crippen molar-refractivity contribution in [3.8, 4) is 0 Å². The van der Waals surface area contributed by atoms with Crippen molar-refractivity contribution in [1.29, 1.82) is 0 Å². The van der Waals surface area contributed by atoms with Gasteiger partial charge in [-0.1, -0.05) is 0 Å². The van der Waals surface area contributed by atoms with Crippen LogP contribution >= 0.6 is 0 Å². The second-order valence-corrected chi connectivity index (χ2v) is 4.80. The van der Waals surface area contributed by atoms with Crippen LogP contribution in [0.25, 0.3) is 0 Å². The van der Waals surface area contributed by atoms with Gasteiger partial charge < -0.3 is 9.64 Å². The van der Waals surface area contributed by atoms with Crippen molar-refractivity contribution in [3.05, 3.63) is 24.0 Å². The summed E-state index contributed by atoms with van der Waals surface area (Å²) < 4.78 is 5.24. The first-order valence-corrected chi connectivity index (χ1v) is 5.16. The van der Waals surface area contributed by atoms with Gasteiger partial charge in [0.2, 0.25) is 0 Å². The van der Waals surface area contributed by atoms with Crippen molar-refractivity contribution in [2.75, 3.05) is 19.0 Å². The minimum absolute atomic E-state index is 0.334. The van der Waals surface area contributed by atoms with Gasteiger partial charge in [0.05, 0.1) is 0 Å². The second-order valence-electron chi connectivity index (χ2n) is 4.80. The molecule has 0 aliphatic rings. The molecule has 1 aromatic heterocycles. The highest BCUT2D eigenvalue weighted by molar-refractivity contribution is 5.88. The van der Waals surface area contributed by atoms with Crippen LogP contribution in [0.5, 0.6) is 0 Å². The van der Waals surface area contributed by atoms with E-state index in [9.17, 15) is 4.79 Å². The predicted octanol–water partition coefficient (Wildman–Crippen LogP) is 2.10. The average molecular weight is 222 g/mol. The van der Waals surface area contributed by atoms with Gasteiger partial charge in [-0.15, -0.1) is 0 Å². The lowest BCUT2D eigenvalue weighted by molar-refractivity contribution is 0.00629. The lowest BCUT2D eigenvalue weighted by Gasteiger charge is -2.19. The van der Waals surface area contributed by atoms with E-state index in [2.05, 4.69) is 4.98 Å². The molecule has 1 heterocycles. The summed E-state index contributed by atoms with van der Waals surface area (Å²) in [6.07, 6.45) is 1.61. The standard InChI is InChI=1S/C12H18N2O2/c1-12(2,3)16-11(15)10-8-9(14(4)5)6-7-13-10/h6-8H,1-5H3. The van der Waals surface area contributed by atoms with Crippen LogP contribution in [0.15, 0.2) is 18.3 Å². The Hall–Kier alpha value is -1.58. The zero-order valence-corrected chi connectivity index (χ0v) is 10.4. The summed E-state index contributed by atoms with van der Waals surface area (Å²) in [4.78, 5) is 17.6. The van der Waals surface area contributed by atoms with Gasteiger partial charge in [-0.3, -0.25) is 0 Å². The molecule has 0 saturated heterocycles. The number of hydrogen-bond acceptors (Lipinski definition) is 4. The van der Waals surface area contributed by atoms with E-state index in [1.54, 1.807) is 12.3 Å². The summed E-state index contributed by atoms with van der Waals surface area (Å²) >= 11 is 0. The lowest BCUT2D eigenvalue weighted by atomic mass is 10.2. The molecule has 0 atom stereocenters. The van der Waals surface area contributed by atoms with Crippen molar-refractivity contribution >= 4 is 11.7 Å². The molecule has 0 bridgehead atoms. The lowest BCUT2D eigenvalue weighted by Crippen LogP contribution is -2.24. The third-order valence-corrected chi connectivity index (χ3v) is 1.87. The summed E-state index contributed by atoms with van der Waals surface area (Å²) in [5, 5.41) is 0. The molecule has 88 valence electrons. The molecule has 0 fully saturated rings. The van der Waals surface area contributed by atoms with E-state index in [4.69, 9.17) is 4.74 Å². The smallest absolute Gasteiger partial charge is 0.357 e. The molecule has 0 N–H and O–H groups in total. The van der Waals surface area contributed by atoms with Crippen LogP contribution in [0, 0.1) is 0 Å². The van der Waals surface area contributed by atoms with Gasteiger partial charge in [-0.2, -0.15) is 0 Å². The normalized spacial score (nSPS) is 11.1. The molecule has 0 radical (unpaired) electrons. The van der Waals surface area contributed by atoms with E-state index in [1.807, 2.05) is 45.8 Å². The highest BCUT2D eigenvalue weighted by atomic mass is 16.6. The number of anilines is 1. The zero-order chi connectivity index (χ0) is 12.3. The molecule has 0 spiro atoms. The average Bonchev–Trinajstić information content (AvgIpc) is 2.15. The van der Waals surface area contributed by atoms with Crippen molar-refractivity contribution in [2.24, 2.45) is 0 Å². The van der Waals surface area contributed by atoms with E-state index in [0.717, 1.165) is 5.69 Å². The molecule has 16 heavy (non-hydrogen) atoms. The number of ether oxygens (including phenoxy) is 1. The number of carbonyl (C=O) groups excluding carboxylic acids is 1. The van der Waals surface area contributed by atoms with E-state index in [0.29, 0.717) is 5.69 Å². The van der Waals surface area contributed by atoms with Gasteiger partial charge in [-0.05, 0) is 32.9 Å². The van der Waals surface area contributed by atoms with E-state index in [1.165, 1.54) is 0 Å². The van der Waals surface area contributed by atoms with Crippen LogP contribution in [0.2, 0.25) is 0 Å². The molecule has 4 heteroatoms. The Labute approximate surface area is 96.2 Å². The minimum Gasteiger partial charge on any atom is -0.455 e. The van der Waals surface area contributed by atoms with E-state index >= 15 is 0 Å². The topological polar surface area (TPSA) is 42.4 Å². The largest absolute Gasteiger partial charge is 0.455 e. The van der Waals surface area contributed by atoms with Crippen LogP contribution in [-0.2, 0) is 4.74 Å². The SMILES string of the molecule is CN(C)c1ccnc(C(=O)OC(C)(C)C)c1. The van der Waals surface area contributed by atoms with Crippen LogP contribution in [-0.4, -0.2) is 30.6 Å². The Kier molecular flexibility index (Phi) is 3.52. The Bertz CT molecular complexity index is 381. The molecule has 0 saturated carbocycles. The zero-order valence-electron chi connectivity index (χ0n) is 10.4. The monoisotopic (exact) mass is 222 g/mol. The number of nitrogens with zero attached hydrogens (tertiary/aromatic N) is 2. The molecule has 1 aromatic rings. The second kappa shape index (κ2) is 4.51. The van der Waals surface area contributed by atoms with Crippen LogP contribution < -0.4 is 4.90 Å². The van der Waals surface area contributed by atoms with Gasteiger partial charge in [0.1, 0.15) is 11.3 Å². The molecular formula is C12H18N2O2. The van der Waals surface area contributed by atoms with Crippen LogP contribution in [0.3, 0.4) is 0 Å². The van der Waals surface area contributed by atoms with E-state index in [-0.39, 0.29) is 0 Å². The summed E-state index contributed by atoms with van der Waals surface area (Å²) in [7, 11) is 3.82.